The predicted molar refractivity (Wildman–Crippen MR) is 123 cm³/mol. The molecule has 0 aliphatic heterocycles. The number of anilines is 1. The molecular formula is C22H20N8O5. The summed E-state index contributed by atoms with van der Waals surface area (Å²) < 4.78 is 16.2. The molecule has 2 aromatic heterocycles. The van der Waals surface area contributed by atoms with E-state index in [1.807, 2.05) is 6.92 Å². The molecule has 0 spiro atoms. The summed E-state index contributed by atoms with van der Waals surface area (Å²) in [5.41, 5.74) is 10.1. The first-order valence-electron chi connectivity index (χ1n) is 10.3. The van der Waals surface area contributed by atoms with Crippen molar-refractivity contribution in [1.82, 2.24) is 30.7 Å². The van der Waals surface area contributed by atoms with E-state index >= 15 is 0 Å². The second kappa shape index (κ2) is 10.2. The number of nitrogens with two attached hydrogens (primary N) is 1. The number of methoxy groups -OCH3 is 1. The molecule has 0 saturated heterocycles. The van der Waals surface area contributed by atoms with Crippen LogP contribution in [0.15, 0.2) is 58.3 Å². The van der Waals surface area contributed by atoms with E-state index in [2.05, 4.69) is 40.5 Å². The molecule has 0 saturated carbocycles. The Balaban J connectivity index is 1.63. The number of nitrogens with zero attached hydrogens (tertiary/aromatic N) is 6. The minimum absolute atomic E-state index is 0.0301. The molecule has 0 aliphatic carbocycles. The number of nitrogens with one attached hydrogen (secondary N) is 1. The Morgan fingerprint density at radius 1 is 1.20 bits per heavy atom. The molecule has 4 rings (SSSR count). The fourth-order valence-corrected chi connectivity index (χ4v) is 3.12. The molecule has 0 aliphatic rings. The van der Waals surface area contributed by atoms with E-state index in [-0.39, 0.29) is 23.0 Å². The van der Waals surface area contributed by atoms with Gasteiger partial charge < -0.3 is 15.2 Å². The van der Waals surface area contributed by atoms with Gasteiger partial charge in [-0.3, -0.25) is 4.79 Å². The summed E-state index contributed by atoms with van der Waals surface area (Å²) in [6, 6.07) is 13.5. The van der Waals surface area contributed by atoms with Crippen molar-refractivity contribution in [3.8, 4) is 22.8 Å². The van der Waals surface area contributed by atoms with Crippen molar-refractivity contribution < 1.29 is 23.7 Å². The van der Waals surface area contributed by atoms with Crippen molar-refractivity contribution >= 4 is 23.9 Å². The van der Waals surface area contributed by atoms with Crippen LogP contribution >= 0.6 is 0 Å². The Hall–Kier alpha value is -5.07. The van der Waals surface area contributed by atoms with E-state index in [1.54, 1.807) is 48.5 Å². The molecule has 0 radical (unpaired) electrons. The fourth-order valence-electron chi connectivity index (χ4n) is 3.12. The number of esters is 1. The third-order valence-electron chi connectivity index (χ3n) is 4.71. The van der Waals surface area contributed by atoms with Crippen LogP contribution in [-0.2, 0) is 4.74 Å². The van der Waals surface area contributed by atoms with E-state index in [4.69, 9.17) is 10.5 Å². The van der Waals surface area contributed by atoms with Crippen LogP contribution in [0.3, 0.4) is 0 Å². The minimum atomic E-state index is -0.634. The van der Waals surface area contributed by atoms with Gasteiger partial charge >= 0.3 is 5.97 Å². The van der Waals surface area contributed by atoms with Crippen LogP contribution in [0.25, 0.3) is 17.1 Å². The Labute approximate surface area is 198 Å². The number of nitrogen functional groups attached to an aromatic ring is 1. The first-order valence-corrected chi connectivity index (χ1v) is 10.3. The van der Waals surface area contributed by atoms with Crippen molar-refractivity contribution in [2.75, 3.05) is 19.5 Å². The van der Waals surface area contributed by atoms with Crippen LogP contribution in [0.5, 0.6) is 5.75 Å². The number of carbonyl (C=O) groups is 2. The van der Waals surface area contributed by atoms with E-state index in [0.29, 0.717) is 29.0 Å². The van der Waals surface area contributed by atoms with Gasteiger partial charge in [0.25, 0.3) is 5.91 Å². The van der Waals surface area contributed by atoms with Crippen LogP contribution in [-0.4, -0.2) is 57.1 Å². The van der Waals surface area contributed by atoms with Crippen LogP contribution in [0, 0.1) is 0 Å². The van der Waals surface area contributed by atoms with Crippen LogP contribution in [0.1, 0.15) is 33.3 Å². The second-order valence-electron chi connectivity index (χ2n) is 6.95. The van der Waals surface area contributed by atoms with E-state index in [9.17, 15) is 9.59 Å². The van der Waals surface area contributed by atoms with Gasteiger partial charge in [0.05, 0.1) is 25.5 Å². The van der Waals surface area contributed by atoms with Gasteiger partial charge in [0.2, 0.25) is 11.6 Å². The summed E-state index contributed by atoms with van der Waals surface area (Å²) in [6.07, 6.45) is 1.41. The van der Waals surface area contributed by atoms with Crippen molar-refractivity contribution in [2.45, 2.75) is 6.92 Å². The number of amides is 1. The third kappa shape index (κ3) is 4.98. The molecule has 0 fully saturated rings. The number of rotatable bonds is 8. The molecule has 1 amide bonds. The molecular weight excluding hydrogens is 456 g/mol. The molecule has 3 N–H and O–H groups in total. The van der Waals surface area contributed by atoms with Crippen molar-refractivity contribution in [1.29, 1.82) is 0 Å². The number of benzene rings is 2. The zero-order chi connectivity index (χ0) is 24.8. The number of aromatic nitrogens is 5. The number of hydrazone groups is 1. The average molecular weight is 476 g/mol. The largest absolute Gasteiger partial charge is 0.494 e. The van der Waals surface area contributed by atoms with Gasteiger partial charge in [-0.15, -0.1) is 5.10 Å². The monoisotopic (exact) mass is 476 g/mol. The zero-order valence-corrected chi connectivity index (χ0v) is 18.7. The molecule has 2 aromatic carbocycles. The molecule has 13 nitrogen and oxygen atoms in total. The Kier molecular flexibility index (Phi) is 6.76. The van der Waals surface area contributed by atoms with Crippen molar-refractivity contribution in [3.63, 3.8) is 0 Å². The highest BCUT2D eigenvalue weighted by molar-refractivity contribution is 5.99. The Morgan fingerprint density at radius 3 is 2.69 bits per heavy atom. The van der Waals surface area contributed by atoms with Crippen LogP contribution in [0.2, 0.25) is 0 Å². The van der Waals surface area contributed by atoms with E-state index in [0.717, 1.165) is 0 Å². The summed E-state index contributed by atoms with van der Waals surface area (Å²) in [5, 5.41) is 19.3. The number of ether oxygens (including phenoxy) is 2. The highest BCUT2D eigenvalue weighted by atomic mass is 16.6. The number of hydrogen-bond acceptors (Lipinski definition) is 11. The standard InChI is InChI=1S/C22H20N8O5/c1-3-34-16-6-4-5-15(11-16)18-17(25-29-30(18)20-19(23)27-35-28-20)21(31)26-24-12-13-7-9-14(10-8-13)22(32)33-2/h4-12H,3H2,1-2H3,(H2,23,27)(H,26,31)/b24-12+. The van der Waals surface area contributed by atoms with Gasteiger partial charge in [0, 0.05) is 5.56 Å². The molecule has 178 valence electrons. The Bertz CT molecular complexity index is 1380. The summed E-state index contributed by atoms with van der Waals surface area (Å²) in [7, 11) is 1.30. The van der Waals surface area contributed by atoms with E-state index in [1.165, 1.54) is 18.0 Å². The highest BCUT2D eigenvalue weighted by Crippen LogP contribution is 2.29. The Morgan fingerprint density at radius 2 is 2.00 bits per heavy atom. The maximum absolute atomic E-state index is 13.0. The lowest BCUT2D eigenvalue weighted by Crippen LogP contribution is -2.19. The molecule has 35 heavy (non-hydrogen) atoms. The molecule has 0 unspecified atom stereocenters. The predicted octanol–water partition coefficient (Wildman–Crippen LogP) is 1.85. The molecule has 0 bridgehead atoms. The maximum Gasteiger partial charge on any atom is 0.337 e. The first-order chi connectivity index (χ1) is 17.0. The van der Waals surface area contributed by atoms with Gasteiger partial charge in [-0.1, -0.05) is 29.5 Å². The van der Waals surface area contributed by atoms with Crippen LogP contribution < -0.4 is 15.9 Å². The molecule has 2 heterocycles. The molecule has 0 atom stereocenters. The summed E-state index contributed by atoms with van der Waals surface area (Å²) in [6.45, 7) is 2.32. The summed E-state index contributed by atoms with van der Waals surface area (Å²) >= 11 is 0. The van der Waals surface area contributed by atoms with Gasteiger partial charge in [-0.2, -0.15) is 9.78 Å². The second-order valence-corrected chi connectivity index (χ2v) is 6.95. The van der Waals surface area contributed by atoms with Gasteiger partial charge in [-0.25, -0.2) is 14.8 Å². The topological polar surface area (TPSA) is 173 Å². The summed E-state index contributed by atoms with van der Waals surface area (Å²) in [5.74, 6) is -0.455. The lowest BCUT2D eigenvalue weighted by Gasteiger charge is -2.08. The fraction of sp³-hybridized carbons (Fsp3) is 0.136. The average Bonchev–Trinajstić information content (AvgIpc) is 3.50. The van der Waals surface area contributed by atoms with Crippen molar-refractivity contribution in [3.05, 3.63) is 65.4 Å². The number of carbonyl (C=O) groups excluding carboxylic acids is 2. The zero-order valence-electron chi connectivity index (χ0n) is 18.7. The lowest BCUT2D eigenvalue weighted by molar-refractivity contribution is 0.0600. The quantitative estimate of drug-likeness (QED) is 0.217. The van der Waals surface area contributed by atoms with Gasteiger partial charge in [0.15, 0.2) is 5.69 Å². The van der Waals surface area contributed by atoms with Gasteiger partial charge in [0.1, 0.15) is 11.4 Å². The van der Waals surface area contributed by atoms with E-state index < -0.39 is 11.9 Å². The smallest absolute Gasteiger partial charge is 0.337 e. The highest BCUT2D eigenvalue weighted by Gasteiger charge is 2.25. The van der Waals surface area contributed by atoms with Crippen molar-refractivity contribution in [2.24, 2.45) is 5.10 Å². The lowest BCUT2D eigenvalue weighted by atomic mass is 10.1. The minimum Gasteiger partial charge on any atom is -0.494 e. The third-order valence-corrected chi connectivity index (χ3v) is 4.71. The SMILES string of the molecule is CCOc1cccc(-c2c(C(=O)N/N=C/c3ccc(C(=O)OC)cc3)nnn2-c2nonc2N)c1. The number of hydrogen-bond donors (Lipinski definition) is 2. The maximum atomic E-state index is 13.0. The first kappa shape index (κ1) is 23.1. The summed E-state index contributed by atoms with van der Waals surface area (Å²) in [4.78, 5) is 24.5. The normalized spacial score (nSPS) is 10.9. The molecule has 4 aromatic rings. The molecule has 13 heteroatoms. The van der Waals surface area contributed by atoms with Gasteiger partial charge in [-0.05, 0) is 47.1 Å². The van der Waals surface area contributed by atoms with Crippen LogP contribution in [0.4, 0.5) is 5.82 Å².